The average Bonchev–Trinajstić information content (AvgIpc) is 2.78. The monoisotopic (exact) mass is 551 g/mol. The normalized spacial score (nSPS) is 14.5. The van der Waals surface area contributed by atoms with E-state index < -0.39 is 0 Å². The van der Waals surface area contributed by atoms with Crippen molar-refractivity contribution in [2.45, 2.75) is 26.9 Å². The van der Waals surface area contributed by atoms with Gasteiger partial charge in [-0.15, -0.1) is 24.0 Å². The number of nitrogens with zero attached hydrogens (tertiary/aromatic N) is 3. The van der Waals surface area contributed by atoms with Crippen LogP contribution in [0.1, 0.15) is 25.0 Å². The molecule has 0 spiro atoms. The number of benzene rings is 2. The van der Waals surface area contributed by atoms with Crippen LogP contribution in [-0.2, 0) is 17.9 Å². The number of halogens is 1. The van der Waals surface area contributed by atoms with Crippen molar-refractivity contribution in [2.75, 3.05) is 45.2 Å². The van der Waals surface area contributed by atoms with Crippen LogP contribution in [0.5, 0.6) is 5.75 Å². The Hall–Kier alpha value is -2.33. The molecule has 0 aromatic heterocycles. The highest BCUT2D eigenvalue weighted by atomic mass is 127. The third kappa shape index (κ3) is 7.67. The number of hydrogen-bond acceptors (Lipinski definition) is 4. The number of aliphatic imine (C=N–C) groups is 1. The van der Waals surface area contributed by atoms with Gasteiger partial charge in [-0.25, -0.2) is 4.99 Å². The van der Waals surface area contributed by atoms with Crippen molar-refractivity contribution in [3.63, 3.8) is 0 Å². The second-order valence-corrected chi connectivity index (χ2v) is 7.63. The van der Waals surface area contributed by atoms with E-state index in [0.717, 1.165) is 50.8 Å². The highest BCUT2D eigenvalue weighted by Gasteiger charge is 2.19. The number of rotatable bonds is 7. The van der Waals surface area contributed by atoms with E-state index in [9.17, 15) is 4.79 Å². The van der Waals surface area contributed by atoms with Crippen molar-refractivity contribution in [1.82, 2.24) is 15.1 Å². The van der Waals surface area contributed by atoms with E-state index in [-0.39, 0.29) is 29.9 Å². The lowest BCUT2D eigenvalue weighted by atomic mass is 10.2. The van der Waals surface area contributed by atoms with Crippen LogP contribution in [0.15, 0.2) is 53.5 Å². The lowest BCUT2D eigenvalue weighted by molar-refractivity contribution is -0.114. The van der Waals surface area contributed by atoms with Gasteiger partial charge in [0.25, 0.3) is 0 Å². The van der Waals surface area contributed by atoms with Crippen molar-refractivity contribution >= 4 is 41.5 Å². The van der Waals surface area contributed by atoms with Crippen LogP contribution in [0, 0.1) is 0 Å². The molecule has 1 saturated heterocycles. The van der Waals surface area contributed by atoms with E-state index in [1.54, 1.807) is 7.11 Å². The molecule has 2 aromatic carbocycles. The summed E-state index contributed by atoms with van der Waals surface area (Å²) in [5.41, 5.74) is 3.04. The van der Waals surface area contributed by atoms with Crippen molar-refractivity contribution in [3.8, 4) is 5.75 Å². The molecule has 1 aliphatic rings. The van der Waals surface area contributed by atoms with Crippen LogP contribution in [-0.4, -0.2) is 61.5 Å². The largest absolute Gasteiger partial charge is 0.495 e. The summed E-state index contributed by atoms with van der Waals surface area (Å²) < 4.78 is 5.34. The number of carbonyl (C=O) groups is 1. The molecule has 174 valence electrons. The Balaban J connectivity index is 0.00000363. The molecule has 1 aliphatic heterocycles. The highest BCUT2D eigenvalue weighted by Crippen LogP contribution is 2.25. The molecule has 1 amide bonds. The van der Waals surface area contributed by atoms with Gasteiger partial charge < -0.3 is 20.3 Å². The third-order valence-electron chi connectivity index (χ3n) is 5.24. The zero-order chi connectivity index (χ0) is 22.1. The van der Waals surface area contributed by atoms with E-state index in [0.29, 0.717) is 18.0 Å². The lowest BCUT2D eigenvalue weighted by Gasteiger charge is -2.36. The second-order valence-electron chi connectivity index (χ2n) is 7.63. The number of amides is 1. The van der Waals surface area contributed by atoms with Crippen LogP contribution in [0.25, 0.3) is 0 Å². The topological polar surface area (TPSA) is 69.2 Å². The molecule has 32 heavy (non-hydrogen) atoms. The SMILES string of the molecule is CCNC(=NCc1ccc(OC)c(NC(C)=O)c1)N1CCN(Cc2ccccc2)CC1.I. The standard InChI is InChI=1S/C24H33N5O2.HI/c1-4-25-24(26-17-21-10-11-23(31-3)22(16-21)27-19(2)30)29-14-12-28(13-15-29)18-20-8-6-5-7-9-20;/h5-11,16H,4,12-15,17-18H2,1-3H3,(H,25,26)(H,27,30);1H. The Morgan fingerprint density at radius 3 is 2.41 bits per heavy atom. The number of piperazine rings is 1. The van der Waals surface area contributed by atoms with E-state index in [2.05, 4.69) is 57.7 Å². The van der Waals surface area contributed by atoms with Crippen molar-refractivity contribution in [3.05, 3.63) is 59.7 Å². The zero-order valence-electron chi connectivity index (χ0n) is 19.1. The summed E-state index contributed by atoms with van der Waals surface area (Å²) in [6, 6.07) is 16.4. The first-order valence-corrected chi connectivity index (χ1v) is 10.8. The maximum Gasteiger partial charge on any atom is 0.221 e. The Morgan fingerprint density at radius 2 is 1.78 bits per heavy atom. The van der Waals surface area contributed by atoms with Gasteiger partial charge in [0, 0.05) is 46.2 Å². The van der Waals surface area contributed by atoms with E-state index >= 15 is 0 Å². The number of guanidine groups is 1. The molecule has 2 aromatic rings. The molecule has 0 radical (unpaired) electrons. The molecule has 0 atom stereocenters. The molecular formula is C24H34IN5O2. The predicted octanol–water partition coefficient (Wildman–Crippen LogP) is 3.55. The first-order chi connectivity index (χ1) is 15.1. The van der Waals surface area contributed by atoms with Crippen molar-refractivity contribution in [2.24, 2.45) is 4.99 Å². The number of anilines is 1. The highest BCUT2D eigenvalue weighted by molar-refractivity contribution is 14.0. The molecule has 8 heteroatoms. The molecule has 2 N–H and O–H groups in total. The van der Waals surface area contributed by atoms with Crippen LogP contribution in [0.4, 0.5) is 5.69 Å². The number of carbonyl (C=O) groups excluding carboxylic acids is 1. The van der Waals surface area contributed by atoms with Crippen molar-refractivity contribution < 1.29 is 9.53 Å². The summed E-state index contributed by atoms with van der Waals surface area (Å²) in [6.45, 7) is 9.82. The molecule has 0 aliphatic carbocycles. The van der Waals surface area contributed by atoms with Gasteiger partial charge in [-0.05, 0) is 30.2 Å². The Kier molecular flexibility index (Phi) is 10.8. The van der Waals surface area contributed by atoms with Gasteiger partial charge in [-0.2, -0.15) is 0 Å². The first kappa shape index (κ1) is 25.9. The summed E-state index contributed by atoms with van der Waals surface area (Å²) in [5, 5.41) is 6.24. The van der Waals surface area contributed by atoms with Crippen LogP contribution >= 0.6 is 24.0 Å². The maximum atomic E-state index is 11.5. The minimum Gasteiger partial charge on any atom is -0.495 e. The molecule has 1 fully saturated rings. The third-order valence-corrected chi connectivity index (χ3v) is 5.24. The summed E-state index contributed by atoms with van der Waals surface area (Å²) in [7, 11) is 1.60. The maximum absolute atomic E-state index is 11.5. The molecule has 7 nitrogen and oxygen atoms in total. The van der Waals surface area contributed by atoms with Crippen molar-refractivity contribution in [1.29, 1.82) is 0 Å². The molecular weight excluding hydrogens is 517 g/mol. The summed E-state index contributed by atoms with van der Waals surface area (Å²) in [6.07, 6.45) is 0. The smallest absolute Gasteiger partial charge is 0.221 e. The molecule has 1 heterocycles. The van der Waals surface area contributed by atoms with Crippen LogP contribution in [0.2, 0.25) is 0 Å². The summed E-state index contributed by atoms with van der Waals surface area (Å²) >= 11 is 0. The average molecular weight is 551 g/mol. The summed E-state index contributed by atoms with van der Waals surface area (Å²) in [5.74, 6) is 1.45. The minimum absolute atomic E-state index is 0. The van der Waals surface area contributed by atoms with Crippen LogP contribution in [0.3, 0.4) is 0 Å². The zero-order valence-corrected chi connectivity index (χ0v) is 21.5. The van der Waals surface area contributed by atoms with Gasteiger partial charge in [-0.3, -0.25) is 9.69 Å². The van der Waals surface area contributed by atoms with Gasteiger partial charge in [-0.1, -0.05) is 36.4 Å². The van der Waals surface area contributed by atoms with Gasteiger partial charge in [0.05, 0.1) is 19.3 Å². The molecule has 0 bridgehead atoms. The Morgan fingerprint density at radius 1 is 1.06 bits per heavy atom. The fourth-order valence-corrected chi connectivity index (χ4v) is 3.69. The Labute approximate surface area is 208 Å². The second kappa shape index (κ2) is 13.3. The van der Waals surface area contributed by atoms with Crippen LogP contribution < -0.4 is 15.4 Å². The first-order valence-electron chi connectivity index (χ1n) is 10.8. The Bertz CT molecular complexity index is 883. The number of methoxy groups -OCH3 is 1. The van der Waals surface area contributed by atoms with Gasteiger partial charge in [0.2, 0.25) is 5.91 Å². The van der Waals surface area contributed by atoms with Gasteiger partial charge in [0.1, 0.15) is 5.75 Å². The van der Waals surface area contributed by atoms with E-state index in [4.69, 9.17) is 9.73 Å². The van der Waals surface area contributed by atoms with Gasteiger partial charge in [0.15, 0.2) is 5.96 Å². The van der Waals surface area contributed by atoms with Gasteiger partial charge >= 0.3 is 0 Å². The quantitative estimate of drug-likeness (QED) is 0.313. The summed E-state index contributed by atoms with van der Waals surface area (Å²) in [4.78, 5) is 21.1. The number of hydrogen-bond donors (Lipinski definition) is 2. The van der Waals surface area contributed by atoms with E-state index in [1.807, 2.05) is 18.2 Å². The molecule has 0 unspecified atom stereocenters. The number of nitrogens with one attached hydrogen (secondary N) is 2. The lowest BCUT2D eigenvalue weighted by Crippen LogP contribution is -2.52. The fourth-order valence-electron chi connectivity index (χ4n) is 3.69. The minimum atomic E-state index is -0.124. The van der Waals surface area contributed by atoms with E-state index in [1.165, 1.54) is 12.5 Å². The predicted molar refractivity (Wildman–Crippen MR) is 141 cm³/mol. The molecule has 3 rings (SSSR count). The fraction of sp³-hybridized carbons (Fsp3) is 0.417. The number of ether oxygens (including phenoxy) is 1. The molecule has 0 saturated carbocycles.